The van der Waals surface area contributed by atoms with Crippen molar-refractivity contribution in [2.45, 2.75) is 24.9 Å². The molecule has 0 spiro atoms. The minimum Gasteiger partial charge on any atom is -0.326 e. The van der Waals surface area contributed by atoms with E-state index in [0.29, 0.717) is 12.1 Å². The van der Waals surface area contributed by atoms with Crippen molar-refractivity contribution >= 4 is 22.9 Å². The first-order valence-corrected chi connectivity index (χ1v) is 4.43. The van der Waals surface area contributed by atoms with E-state index in [2.05, 4.69) is 26.0 Å². The molecule has 1 aliphatic carbocycles. The molecule has 0 radical (unpaired) electrons. The maximum atomic E-state index is 5.93. The van der Waals surface area contributed by atoms with Crippen LogP contribution in [0.15, 0.2) is 0 Å². The zero-order valence-corrected chi connectivity index (χ0v) is 7.41. The fourth-order valence-corrected chi connectivity index (χ4v) is 3.14. The largest absolute Gasteiger partial charge is 0.326 e. The van der Waals surface area contributed by atoms with E-state index in [-0.39, 0.29) is 0 Å². The smallest absolute Gasteiger partial charge is 0.0348 e. The van der Waals surface area contributed by atoms with E-state index in [1.165, 1.54) is 19.4 Å². The molecule has 0 aromatic rings. The molecule has 52 valence electrons. The Morgan fingerprint density at radius 3 is 2.44 bits per heavy atom. The molecule has 0 amide bonds. The number of rotatable bonds is 0. The van der Waals surface area contributed by atoms with Crippen LogP contribution in [0.5, 0.6) is 0 Å². The summed E-state index contributed by atoms with van der Waals surface area (Å²) in [5.74, 6) is 0.812. The van der Waals surface area contributed by atoms with Gasteiger partial charge in [0.15, 0.2) is 0 Å². The van der Waals surface area contributed by atoms with Crippen molar-refractivity contribution in [3.05, 3.63) is 0 Å². The Labute approximate surface area is 69.3 Å². The van der Waals surface area contributed by atoms with Gasteiger partial charge in [-0.2, -0.15) is 0 Å². The Balaban J connectivity index is 2.16. The van der Waals surface area contributed by atoms with Gasteiger partial charge in [0.05, 0.1) is 0 Å². The molecule has 1 saturated carbocycles. The molecule has 2 fully saturated rings. The summed E-state index contributed by atoms with van der Waals surface area (Å²) in [7, 11) is 0. The summed E-state index contributed by atoms with van der Waals surface area (Å²) in [6, 6.07) is 1.19. The molecule has 2 bridgehead atoms. The maximum absolute atomic E-state index is 5.93. The first kappa shape index (κ1) is 6.37. The summed E-state index contributed by atoms with van der Waals surface area (Å²) in [5, 5.41) is 0. The topological polar surface area (TPSA) is 29.3 Å². The second-order valence-corrected chi connectivity index (χ2v) is 4.30. The van der Waals surface area contributed by atoms with Crippen LogP contribution in [0.25, 0.3) is 0 Å². The minimum atomic E-state index is 0.488. The lowest BCUT2D eigenvalue weighted by Gasteiger charge is -2.18. The standard InChI is InChI=1S/C6H11IN2/c7-9-3-4-1-2-5(9)6(4)8/h4-6H,1-3,8H2. The minimum absolute atomic E-state index is 0.488. The lowest BCUT2D eigenvalue weighted by molar-refractivity contribution is 0.392. The van der Waals surface area contributed by atoms with E-state index in [0.717, 1.165) is 5.92 Å². The van der Waals surface area contributed by atoms with Gasteiger partial charge in [-0.05, 0) is 18.8 Å². The highest BCUT2D eigenvalue weighted by Crippen LogP contribution is 2.38. The third-order valence-electron chi connectivity index (χ3n) is 2.59. The Bertz CT molecular complexity index is 128. The number of hydrogen-bond donors (Lipinski definition) is 1. The number of piperidine rings is 1. The van der Waals surface area contributed by atoms with Crippen LogP contribution in [0, 0.1) is 5.92 Å². The molecule has 1 heterocycles. The fraction of sp³-hybridized carbons (Fsp3) is 1.00. The Morgan fingerprint density at radius 1 is 1.44 bits per heavy atom. The zero-order valence-electron chi connectivity index (χ0n) is 5.26. The molecule has 1 aliphatic heterocycles. The molecule has 2 N–H and O–H groups in total. The zero-order chi connectivity index (χ0) is 6.43. The molecule has 3 unspecified atom stereocenters. The van der Waals surface area contributed by atoms with Crippen LogP contribution < -0.4 is 5.73 Å². The maximum Gasteiger partial charge on any atom is 0.0348 e. The molecule has 2 aliphatic rings. The molecule has 2 nitrogen and oxygen atoms in total. The van der Waals surface area contributed by atoms with Gasteiger partial charge in [-0.1, -0.05) is 0 Å². The van der Waals surface area contributed by atoms with Gasteiger partial charge < -0.3 is 5.73 Å². The molecule has 0 aromatic heterocycles. The molecule has 3 atom stereocenters. The third kappa shape index (κ3) is 0.816. The quantitative estimate of drug-likeness (QED) is 0.498. The highest BCUT2D eigenvalue weighted by molar-refractivity contribution is 14.1. The molecular weight excluding hydrogens is 227 g/mol. The van der Waals surface area contributed by atoms with Crippen LogP contribution in [0.3, 0.4) is 0 Å². The monoisotopic (exact) mass is 238 g/mol. The summed E-state index contributed by atoms with van der Waals surface area (Å²) in [6.07, 6.45) is 2.69. The summed E-state index contributed by atoms with van der Waals surface area (Å²) in [4.78, 5) is 0. The first-order valence-electron chi connectivity index (χ1n) is 3.47. The van der Waals surface area contributed by atoms with Gasteiger partial charge in [0, 0.05) is 41.5 Å². The number of fused-ring (bicyclic) bond motifs is 2. The first-order chi connectivity index (χ1) is 4.29. The van der Waals surface area contributed by atoms with Gasteiger partial charge in [0.25, 0.3) is 0 Å². The van der Waals surface area contributed by atoms with Crippen molar-refractivity contribution in [2.75, 3.05) is 6.54 Å². The third-order valence-corrected chi connectivity index (χ3v) is 3.70. The van der Waals surface area contributed by atoms with Crippen LogP contribution in [0.2, 0.25) is 0 Å². The summed E-state index contributed by atoms with van der Waals surface area (Å²) in [5.41, 5.74) is 5.93. The molecule has 0 aromatic carbocycles. The van der Waals surface area contributed by atoms with Crippen molar-refractivity contribution in [3.63, 3.8) is 0 Å². The number of nitrogens with two attached hydrogens (primary N) is 1. The molecule has 2 rings (SSSR count). The van der Waals surface area contributed by atoms with Gasteiger partial charge in [-0.25, -0.2) is 3.11 Å². The molecule has 9 heavy (non-hydrogen) atoms. The van der Waals surface area contributed by atoms with Gasteiger partial charge in [0.1, 0.15) is 0 Å². The van der Waals surface area contributed by atoms with E-state index in [4.69, 9.17) is 5.73 Å². The normalized spacial score (nSPS) is 50.7. The van der Waals surface area contributed by atoms with Crippen LogP contribution in [-0.4, -0.2) is 21.7 Å². The lowest BCUT2D eigenvalue weighted by atomic mass is 10.1. The molecule has 3 heteroatoms. The van der Waals surface area contributed by atoms with Crippen molar-refractivity contribution < 1.29 is 0 Å². The number of halogens is 1. The lowest BCUT2D eigenvalue weighted by Crippen LogP contribution is -2.32. The molecular formula is C6H11IN2. The van der Waals surface area contributed by atoms with Crippen LogP contribution in [0.4, 0.5) is 0 Å². The summed E-state index contributed by atoms with van der Waals surface area (Å²) < 4.78 is 2.37. The van der Waals surface area contributed by atoms with E-state index in [1.54, 1.807) is 0 Å². The summed E-state index contributed by atoms with van der Waals surface area (Å²) >= 11 is 2.39. The van der Waals surface area contributed by atoms with Crippen molar-refractivity contribution in [2.24, 2.45) is 11.7 Å². The van der Waals surface area contributed by atoms with E-state index < -0.39 is 0 Å². The van der Waals surface area contributed by atoms with Crippen molar-refractivity contribution in [1.82, 2.24) is 3.11 Å². The van der Waals surface area contributed by atoms with E-state index in [9.17, 15) is 0 Å². The van der Waals surface area contributed by atoms with Gasteiger partial charge in [0.2, 0.25) is 0 Å². The summed E-state index contributed by atoms with van der Waals surface area (Å²) in [6.45, 7) is 1.23. The van der Waals surface area contributed by atoms with E-state index >= 15 is 0 Å². The van der Waals surface area contributed by atoms with Crippen LogP contribution >= 0.6 is 22.9 Å². The van der Waals surface area contributed by atoms with Gasteiger partial charge in [-0.15, -0.1) is 0 Å². The van der Waals surface area contributed by atoms with Gasteiger partial charge >= 0.3 is 0 Å². The Morgan fingerprint density at radius 2 is 2.22 bits per heavy atom. The van der Waals surface area contributed by atoms with Crippen LogP contribution in [0.1, 0.15) is 12.8 Å². The average molecular weight is 238 g/mol. The average Bonchev–Trinajstić information content (AvgIpc) is 2.25. The second-order valence-electron chi connectivity index (χ2n) is 3.06. The predicted octanol–water partition coefficient (Wildman–Crippen LogP) is 0.758. The Hall–Kier alpha value is 0.650. The number of nitrogens with zero attached hydrogens (tertiary/aromatic N) is 1. The van der Waals surface area contributed by atoms with Crippen molar-refractivity contribution in [1.29, 1.82) is 0 Å². The highest BCUT2D eigenvalue weighted by atomic mass is 127. The molecule has 1 saturated heterocycles. The predicted molar refractivity (Wildman–Crippen MR) is 45.2 cm³/mol. The second kappa shape index (κ2) is 2.07. The highest BCUT2D eigenvalue weighted by Gasteiger charge is 2.43. The van der Waals surface area contributed by atoms with E-state index in [1.807, 2.05) is 0 Å². The number of hydrogen-bond acceptors (Lipinski definition) is 2. The Kier molecular flexibility index (Phi) is 1.46. The van der Waals surface area contributed by atoms with Crippen molar-refractivity contribution in [3.8, 4) is 0 Å². The van der Waals surface area contributed by atoms with Gasteiger partial charge in [-0.3, -0.25) is 0 Å². The SMILES string of the molecule is NC1C2CCC1N(I)C2. The van der Waals surface area contributed by atoms with Crippen LogP contribution in [-0.2, 0) is 0 Å². The fourth-order valence-electron chi connectivity index (χ4n) is 1.98.